The summed E-state index contributed by atoms with van der Waals surface area (Å²) in [4.78, 5) is 42.6. The molecule has 0 bridgehead atoms. The van der Waals surface area contributed by atoms with Crippen LogP contribution in [0.25, 0.3) is 10.9 Å². The van der Waals surface area contributed by atoms with Crippen molar-refractivity contribution in [2.75, 3.05) is 5.32 Å². The fourth-order valence-electron chi connectivity index (χ4n) is 3.66. The number of anilines is 1. The van der Waals surface area contributed by atoms with E-state index in [1.807, 2.05) is 0 Å². The number of amides is 1. The number of para-hydroxylation sites is 1. The van der Waals surface area contributed by atoms with Gasteiger partial charge in [0.05, 0.1) is 74.5 Å². The number of fused-ring (bicyclic) bond motifs is 1. The first-order chi connectivity index (χ1) is 18.3. The number of nitrogens with one attached hydrogen (secondary N) is 1. The lowest BCUT2D eigenvalue weighted by Gasteiger charge is -2.14. The molecule has 0 radical (unpaired) electrons. The molecule has 14 heteroatoms. The van der Waals surface area contributed by atoms with Crippen molar-refractivity contribution >= 4 is 127 Å². The molecule has 0 unspecified atom stereocenters. The summed E-state index contributed by atoms with van der Waals surface area (Å²) in [5, 5.41) is 11.5. The maximum atomic E-state index is 13.2. The molecule has 2 N–H and O–H groups in total. The quantitative estimate of drug-likeness (QED) is 0.120. The number of carboxylic acid groups (broad SMARTS) is 1. The minimum Gasteiger partial charge on any atom is -0.478 e. The van der Waals surface area contributed by atoms with Gasteiger partial charge in [-0.25, -0.2) is 4.79 Å². The molecule has 39 heavy (non-hydrogen) atoms. The van der Waals surface area contributed by atoms with E-state index in [1.165, 1.54) is 6.07 Å². The zero-order chi connectivity index (χ0) is 28.8. The zero-order valence-electron chi connectivity index (χ0n) is 18.8. The highest BCUT2D eigenvalue weighted by atomic mass is 35.5. The Morgan fingerprint density at radius 2 is 1.36 bits per heavy atom. The molecule has 0 aliphatic heterocycles. The summed E-state index contributed by atoms with van der Waals surface area (Å²) in [7, 11) is 0. The van der Waals surface area contributed by atoms with Crippen molar-refractivity contribution in [3.8, 4) is 0 Å². The summed E-state index contributed by atoms with van der Waals surface area (Å²) in [6.07, 6.45) is -0.374. The fraction of sp³-hybridized carbons (Fsp3) is 0.0400. The number of nitrogens with zero attached hydrogens (tertiary/aromatic N) is 1. The molecule has 3 aromatic carbocycles. The molecule has 0 fully saturated rings. The van der Waals surface area contributed by atoms with Crippen LogP contribution in [0.3, 0.4) is 0 Å². The highest BCUT2D eigenvalue weighted by molar-refractivity contribution is 6.54. The van der Waals surface area contributed by atoms with E-state index in [1.54, 1.807) is 30.3 Å². The minimum atomic E-state index is -1.51. The van der Waals surface area contributed by atoms with Crippen LogP contribution in [0.1, 0.15) is 36.8 Å². The van der Waals surface area contributed by atoms with Crippen LogP contribution < -0.4 is 5.32 Å². The van der Waals surface area contributed by atoms with E-state index in [0.717, 1.165) is 0 Å². The Morgan fingerprint density at radius 1 is 0.744 bits per heavy atom. The molecule has 1 amide bonds. The van der Waals surface area contributed by atoms with Gasteiger partial charge in [-0.3, -0.25) is 14.6 Å². The van der Waals surface area contributed by atoms with E-state index in [9.17, 15) is 19.5 Å². The summed E-state index contributed by atoms with van der Waals surface area (Å²) >= 11 is 48.6. The van der Waals surface area contributed by atoms with Gasteiger partial charge >= 0.3 is 5.97 Å². The molecule has 0 aliphatic rings. The third-order valence-electron chi connectivity index (χ3n) is 5.47. The van der Waals surface area contributed by atoms with E-state index in [2.05, 4.69) is 10.3 Å². The second-order valence-electron chi connectivity index (χ2n) is 7.89. The van der Waals surface area contributed by atoms with Gasteiger partial charge in [0.2, 0.25) is 0 Å². The van der Waals surface area contributed by atoms with E-state index in [0.29, 0.717) is 10.9 Å². The van der Waals surface area contributed by atoms with E-state index in [4.69, 9.17) is 92.8 Å². The summed E-state index contributed by atoms with van der Waals surface area (Å²) in [5.74, 6) is -2.87. The molecule has 0 atom stereocenters. The number of benzene rings is 3. The number of hydrogen-bond donors (Lipinski definition) is 2. The van der Waals surface area contributed by atoms with Gasteiger partial charge in [-0.2, -0.15) is 0 Å². The highest BCUT2D eigenvalue weighted by Crippen LogP contribution is 2.42. The second-order valence-corrected chi connectivity index (χ2v) is 10.9. The minimum absolute atomic E-state index is 0.00967. The topological polar surface area (TPSA) is 96.4 Å². The van der Waals surface area contributed by atoms with E-state index in [-0.39, 0.29) is 58.5 Å². The predicted octanol–water partition coefficient (Wildman–Crippen LogP) is 9.84. The monoisotopic (exact) mass is 682 g/mol. The Kier molecular flexibility index (Phi) is 9.11. The number of aromatic carboxylic acids is 1. The standard InChI is InChI=1S/C25H10Cl8N2O4/c26-11-7-10(16(27)20(31)17(11)28)24(37)35-12-3-1-2-8-4-5-9(34-23(8)12)6-13(36)14-15(25(38)39)19(30)22(33)21(32)18(14)29/h1-5,7H,6H2,(H,35,37)(H,38,39). The van der Waals surface area contributed by atoms with Crippen LogP contribution >= 0.6 is 92.8 Å². The molecular formula is C25H10Cl8N2O4. The van der Waals surface area contributed by atoms with Gasteiger partial charge in [0.15, 0.2) is 5.78 Å². The normalized spacial score (nSPS) is 11.1. The highest BCUT2D eigenvalue weighted by Gasteiger charge is 2.29. The average molecular weight is 686 g/mol. The van der Waals surface area contributed by atoms with E-state index < -0.39 is 33.8 Å². The van der Waals surface area contributed by atoms with Crippen molar-refractivity contribution in [3.05, 3.63) is 99.0 Å². The molecule has 0 saturated heterocycles. The van der Waals surface area contributed by atoms with Crippen LogP contribution in [0.4, 0.5) is 5.69 Å². The molecule has 1 heterocycles. The van der Waals surface area contributed by atoms with Crippen LogP contribution in [0, 0.1) is 0 Å². The number of rotatable bonds is 6. The van der Waals surface area contributed by atoms with Crippen molar-refractivity contribution in [2.45, 2.75) is 6.42 Å². The Balaban J connectivity index is 1.72. The van der Waals surface area contributed by atoms with Gasteiger partial charge in [-0.05, 0) is 18.2 Å². The predicted molar refractivity (Wildman–Crippen MR) is 158 cm³/mol. The number of pyridine rings is 1. The van der Waals surface area contributed by atoms with E-state index >= 15 is 0 Å². The Hall–Kier alpha value is -2.00. The number of carboxylic acids is 1. The molecule has 6 nitrogen and oxygen atoms in total. The molecule has 4 rings (SSSR count). The van der Waals surface area contributed by atoms with Gasteiger partial charge in [0.25, 0.3) is 5.91 Å². The average Bonchev–Trinajstić information content (AvgIpc) is 2.90. The van der Waals surface area contributed by atoms with Gasteiger partial charge in [0.1, 0.15) is 0 Å². The Bertz CT molecular complexity index is 1730. The zero-order valence-corrected chi connectivity index (χ0v) is 24.9. The smallest absolute Gasteiger partial charge is 0.338 e. The van der Waals surface area contributed by atoms with Crippen LogP contribution in [0.15, 0.2) is 36.4 Å². The number of carbonyl (C=O) groups excluding carboxylic acids is 2. The number of aromatic nitrogens is 1. The number of ketones is 1. The number of carbonyl (C=O) groups is 3. The number of hydrogen-bond acceptors (Lipinski definition) is 4. The van der Waals surface area contributed by atoms with Gasteiger partial charge in [-0.1, -0.05) is 111 Å². The lowest BCUT2D eigenvalue weighted by molar-refractivity contribution is 0.0692. The molecule has 200 valence electrons. The third kappa shape index (κ3) is 5.76. The lowest BCUT2D eigenvalue weighted by atomic mass is 9.99. The summed E-state index contributed by atoms with van der Waals surface area (Å²) in [6.45, 7) is 0. The first kappa shape index (κ1) is 30.0. The van der Waals surface area contributed by atoms with Crippen molar-refractivity contribution in [3.63, 3.8) is 0 Å². The first-order valence-corrected chi connectivity index (χ1v) is 13.5. The van der Waals surface area contributed by atoms with Gasteiger partial charge < -0.3 is 10.4 Å². The maximum Gasteiger partial charge on any atom is 0.338 e. The summed E-state index contributed by atoms with van der Waals surface area (Å²) in [5.41, 5.74) is -0.154. The lowest BCUT2D eigenvalue weighted by Crippen LogP contribution is -2.15. The number of Topliss-reactive ketones (excluding diaryl/α,β-unsaturated/α-hetero) is 1. The van der Waals surface area contributed by atoms with Crippen molar-refractivity contribution in [1.29, 1.82) is 0 Å². The number of halogens is 8. The molecule has 0 saturated carbocycles. The Morgan fingerprint density at radius 3 is 2.00 bits per heavy atom. The molecular weight excluding hydrogens is 676 g/mol. The van der Waals surface area contributed by atoms with Gasteiger partial charge in [0, 0.05) is 11.1 Å². The largest absolute Gasteiger partial charge is 0.478 e. The third-order valence-corrected chi connectivity index (χ3v) is 9.03. The van der Waals surface area contributed by atoms with Crippen molar-refractivity contribution in [2.24, 2.45) is 0 Å². The van der Waals surface area contributed by atoms with Crippen LogP contribution in [-0.4, -0.2) is 27.8 Å². The summed E-state index contributed by atoms with van der Waals surface area (Å²) < 4.78 is 0. The van der Waals surface area contributed by atoms with Gasteiger partial charge in [-0.15, -0.1) is 0 Å². The Labute approximate surface area is 260 Å². The second kappa shape index (κ2) is 11.9. The molecule has 0 aliphatic carbocycles. The molecule has 1 aromatic heterocycles. The van der Waals surface area contributed by atoms with Crippen molar-refractivity contribution in [1.82, 2.24) is 4.98 Å². The maximum absolute atomic E-state index is 13.2. The van der Waals surface area contributed by atoms with Crippen molar-refractivity contribution < 1.29 is 19.5 Å². The molecule has 0 spiro atoms. The van der Waals surface area contributed by atoms with Crippen LogP contribution in [0.5, 0.6) is 0 Å². The van der Waals surface area contributed by atoms with Crippen LogP contribution in [0.2, 0.25) is 40.2 Å². The molecule has 4 aromatic rings. The fourth-order valence-corrected chi connectivity index (χ4v) is 5.59. The first-order valence-electron chi connectivity index (χ1n) is 10.5. The summed E-state index contributed by atoms with van der Waals surface area (Å²) in [6, 6.07) is 9.53. The SMILES string of the molecule is O=C(Nc1cccc2ccc(CC(=O)c3c(Cl)c(Cl)c(Cl)c(Cl)c3C(=O)O)nc12)c1cc(Cl)c(Cl)c(Cl)c1Cl. The van der Waals surface area contributed by atoms with Crippen LogP contribution in [-0.2, 0) is 6.42 Å².